The molecule has 5 fully saturated rings. The molecular formula is C23H33NO. The van der Waals surface area contributed by atoms with Crippen LogP contribution in [-0.2, 0) is 0 Å². The summed E-state index contributed by atoms with van der Waals surface area (Å²) in [4.78, 5) is 0. The third-order valence-corrected chi connectivity index (χ3v) is 9.93. The Kier molecular flexibility index (Phi) is 3.66. The zero-order valence-electron chi connectivity index (χ0n) is 15.7. The van der Waals surface area contributed by atoms with Crippen molar-refractivity contribution in [3.05, 3.63) is 11.6 Å². The van der Waals surface area contributed by atoms with Gasteiger partial charge in [0, 0.05) is 6.08 Å². The van der Waals surface area contributed by atoms with Gasteiger partial charge in [0.1, 0.15) is 0 Å². The molecule has 25 heavy (non-hydrogen) atoms. The van der Waals surface area contributed by atoms with Gasteiger partial charge in [0.2, 0.25) is 0 Å². The minimum atomic E-state index is -0.0334. The summed E-state index contributed by atoms with van der Waals surface area (Å²) in [5, 5.41) is 19.3. The molecule has 8 atom stereocenters. The van der Waals surface area contributed by atoms with Crippen molar-refractivity contribution in [2.45, 2.75) is 83.7 Å². The number of aliphatic hydroxyl groups excluding tert-OH is 1. The van der Waals surface area contributed by atoms with Crippen molar-refractivity contribution in [3.8, 4) is 6.07 Å². The van der Waals surface area contributed by atoms with E-state index in [4.69, 9.17) is 5.26 Å². The van der Waals surface area contributed by atoms with Crippen LogP contribution in [0.3, 0.4) is 0 Å². The Morgan fingerprint density at radius 2 is 1.92 bits per heavy atom. The lowest BCUT2D eigenvalue weighted by Gasteiger charge is -2.61. The third-order valence-electron chi connectivity index (χ3n) is 9.93. The summed E-state index contributed by atoms with van der Waals surface area (Å²) in [6.07, 6.45) is 16.1. The molecule has 0 amide bonds. The van der Waals surface area contributed by atoms with Crippen molar-refractivity contribution >= 4 is 0 Å². The quantitative estimate of drug-likeness (QED) is 0.614. The smallest absolute Gasteiger partial charge is 0.0911 e. The summed E-state index contributed by atoms with van der Waals surface area (Å²) >= 11 is 0. The van der Waals surface area contributed by atoms with E-state index in [1.165, 1.54) is 63.4 Å². The highest BCUT2D eigenvalue weighted by Crippen LogP contribution is 2.71. The minimum Gasteiger partial charge on any atom is -0.393 e. The average Bonchev–Trinajstić information content (AvgIpc) is 3.13. The Morgan fingerprint density at radius 3 is 2.76 bits per heavy atom. The molecule has 5 aliphatic rings. The molecule has 0 aromatic carbocycles. The van der Waals surface area contributed by atoms with Gasteiger partial charge in [-0.05, 0) is 111 Å². The predicted octanol–water partition coefficient (Wildman–Crippen LogP) is 5.23. The fourth-order valence-electron chi connectivity index (χ4n) is 8.89. The van der Waals surface area contributed by atoms with E-state index >= 15 is 0 Å². The highest BCUT2D eigenvalue weighted by molar-refractivity contribution is 5.28. The molecule has 0 heterocycles. The summed E-state index contributed by atoms with van der Waals surface area (Å²) in [5.74, 6) is 4.25. The van der Waals surface area contributed by atoms with Crippen molar-refractivity contribution in [1.82, 2.24) is 0 Å². The van der Waals surface area contributed by atoms with Crippen LogP contribution in [0, 0.1) is 51.8 Å². The summed E-state index contributed by atoms with van der Waals surface area (Å²) in [7, 11) is 0. The summed E-state index contributed by atoms with van der Waals surface area (Å²) in [6.45, 7) is 2.58. The van der Waals surface area contributed by atoms with Gasteiger partial charge < -0.3 is 5.11 Å². The molecule has 0 aromatic heterocycles. The summed E-state index contributed by atoms with van der Waals surface area (Å²) in [5.41, 5.74) is 2.54. The highest BCUT2D eigenvalue weighted by atomic mass is 16.3. The van der Waals surface area contributed by atoms with Gasteiger partial charge in [0.15, 0.2) is 0 Å². The number of hydrogen-bond acceptors (Lipinski definition) is 2. The molecule has 5 rings (SSSR count). The average molecular weight is 340 g/mol. The first-order valence-corrected chi connectivity index (χ1v) is 10.8. The molecule has 0 saturated heterocycles. The van der Waals surface area contributed by atoms with Crippen LogP contribution >= 0.6 is 0 Å². The first-order valence-electron chi connectivity index (χ1n) is 10.8. The molecule has 0 bridgehead atoms. The Morgan fingerprint density at radius 1 is 1.04 bits per heavy atom. The number of hydrogen-bond donors (Lipinski definition) is 1. The number of nitrogens with zero attached hydrogens (tertiary/aromatic N) is 1. The molecule has 5 aliphatic carbocycles. The Balaban J connectivity index is 1.45. The Bertz CT molecular complexity index is 632. The molecule has 1 spiro atoms. The van der Waals surface area contributed by atoms with Gasteiger partial charge in [-0.25, -0.2) is 0 Å². The maximum absolute atomic E-state index is 10.2. The molecule has 0 aliphatic heterocycles. The van der Waals surface area contributed by atoms with Crippen LogP contribution in [0.2, 0.25) is 0 Å². The van der Waals surface area contributed by atoms with Crippen molar-refractivity contribution in [1.29, 1.82) is 5.26 Å². The van der Waals surface area contributed by atoms with Crippen LogP contribution in [0.1, 0.15) is 77.6 Å². The predicted molar refractivity (Wildman–Crippen MR) is 98.5 cm³/mol. The molecular weight excluding hydrogens is 306 g/mol. The molecule has 2 heteroatoms. The Hall–Kier alpha value is -0.810. The number of aliphatic hydroxyl groups is 1. The number of allylic oxidation sites excluding steroid dienone is 2. The fourth-order valence-corrected chi connectivity index (χ4v) is 8.89. The lowest BCUT2D eigenvalue weighted by atomic mass is 9.44. The van der Waals surface area contributed by atoms with Crippen molar-refractivity contribution in [3.63, 3.8) is 0 Å². The first kappa shape index (κ1) is 16.4. The van der Waals surface area contributed by atoms with Crippen LogP contribution in [0.4, 0.5) is 0 Å². The number of nitriles is 1. The van der Waals surface area contributed by atoms with Crippen LogP contribution in [0.15, 0.2) is 11.6 Å². The second kappa shape index (κ2) is 5.59. The number of rotatable bonds is 0. The van der Waals surface area contributed by atoms with Gasteiger partial charge in [-0.1, -0.05) is 12.5 Å². The van der Waals surface area contributed by atoms with Crippen LogP contribution < -0.4 is 0 Å². The van der Waals surface area contributed by atoms with Crippen LogP contribution in [0.25, 0.3) is 0 Å². The van der Waals surface area contributed by atoms with Gasteiger partial charge in [0.25, 0.3) is 0 Å². The highest BCUT2D eigenvalue weighted by Gasteiger charge is 2.63. The number of fused-ring (bicyclic) bond motifs is 4. The second-order valence-corrected chi connectivity index (χ2v) is 10.3. The summed E-state index contributed by atoms with van der Waals surface area (Å²) < 4.78 is 0. The molecule has 0 radical (unpaired) electrons. The normalized spacial score (nSPS) is 55.8. The molecule has 2 nitrogen and oxygen atoms in total. The molecule has 0 aromatic rings. The van der Waals surface area contributed by atoms with Crippen molar-refractivity contribution in [2.24, 2.45) is 40.4 Å². The largest absolute Gasteiger partial charge is 0.393 e. The van der Waals surface area contributed by atoms with Gasteiger partial charge in [0.05, 0.1) is 12.2 Å². The molecule has 3 unspecified atom stereocenters. The van der Waals surface area contributed by atoms with Crippen LogP contribution in [0.5, 0.6) is 0 Å². The lowest BCUT2D eigenvalue weighted by Crippen LogP contribution is -2.53. The monoisotopic (exact) mass is 339 g/mol. The third kappa shape index (κ3) is 2.11. The van der Waals surface area contributed by atoms with E-state index in [2.05, 4.69) is 13.0 Å². The van der Waals surface area contributed by atoms with E-state index < -0.39 is 0 Å². The SMILES string of the molecule is C[C@]12CC[C@@H](O)C[C@@H]1CCC1C3CC[C@@H]4/C(=C/C#N)CC[C@]34CCC12. The van der Waals surface area contributed by atoms with Crippen LogP contribution in [-0.4, -0.2) is 11.2 Å². The maximum atomic E-state index is 10.2. The van der Waals surface area contributed by atoms with Gasteiger partial charge in [-0.3, -0.25) is 0 Å². The second-order valence-electron chi connectivity index (χ2n) is 10.3. The van der Waals surface area contributed by atoms with E-state index in [1.807, 2.05) is 6.08 Å². The van der Waals surface area contributed by atoms with Crippen molar-refractivity contribution < 1.29 is 5.11 Å². The van der Waals surface area contributed by atoms with E-state index in [0.29, 0.717) is 10.8 Å². The van der Waals surface area contributed by atoms with E-state index in [-0.39, 0.29) is 6.10 Å². The summed E-state index contributed by atoms with van der Waals surface area (Å²) in [6, 6.07) is 2.33. The van der Waals surface area contributed by atoms with Gasteiger partial charge in [-0.2, -0.15) is 5.26 Å². The molecule has 1 N–H and O–H groups in total. The van der Waals surface area contributed by atoms with Crippen molar-refractivity contribution in [2.75, 3.05) is 0 Å². The minimum absolute atomic E-state index is 0.0334. The van der Waals surface area contributed by atoms with E-state index in [0.717, 1.165) is 42.4 Å². The Labute approximate surface area is 152 Å². The van der Waals surface area contributed by atoms with E-state index in [9.17, 15) is 5.11 Å². The molecule has 5 saturated carbocycles. The zero-order valence-corrected chi connectivity index (χ0v) is 15.7. The topological polar surface area (TPSA) is 44.0 Å². The standard InChI is InChI=1S/C23H33NO/c1-22-10-7-17(25)14-16(22)2-3-18-20(22)8-12-23-11-6-15(9-13-24)19(23)4-5-21(18)23/h9,16-21,25H,2-8,10-12,14H2,1H3/b15-9+/t16-,17+,18?,19+,20?,21?,22-,23+/m0/s1. The van der Waals surface area contributed by atoms with Gasteiger partial charge >= 0.3 is 0 Å². The molecule has 136 valence electrons. The fraction of sp³-hybridized carbons (Fsp3) is 0.870. The zero-order chi connectivity index (χ0) is 17.2. The van der Waals surface area contributed by atoms with Gasteiger partial charge in [-0.15, -0.1) is 0 Å². The lowest BCUT2D eigenvalue weighted by molar-refractivity contribution is -0.126. The van der Waals surface area contributed by atoms with E-state index in [1.54, 1.807) is 0 Å². The first-order chi connectivity index (χ1) is 12.1. The maximum Gasteiger partial charge on any atom is 0.0911 e.